The van der Waals surface area contributed by atoms with Gasteiger partial charge in [0.05, 0.1) is 17.5 Å². The molecule has 0 atom stereocenters. The van der Waals surface area contributed by atoms with Gasteiger partial charge in [0.15, 0.2) is 5.57 Å². The van der Waals surface area contributed by atoms with Gasteiger partial charge in [0, 0.05) is 0 Å². The number of rotatable bonds is 3. The van der Waals surface area contributed by atoms with Crippen molar-refractivity contribution in [2.45, 2.75) is 0 Å². The lowest BCUT2D eigenvalue weighted by atomic mass is 10.1. The van der Waals surface area contributed by atoms with Gasteiger partial charge in [-0.2, -0.15) is 15.8 Å². The molecule has 18 heavy (non-hydrogen) atoms. The maximum Gasteiger partial charge on any atom is 0.153 e. The summed E-state index contributed by atoms with van der Waals surface area (Å²) in [5.74, 6) is 0.617. The maximum absolute atomic E-state index is 8.88. The zero-order valence-electron chi connectivity index (χ0n) is 9.29. The highest BCUT2D eigenvalue weighted by atomic mass is 16.3. The second kappa shape index (κ2) is 6.37. The fraction of sp³-hybridized carbons (Fsp3) is 0. The van der Waals surface area contributed by atoms with Crippen LogP contribution in [0.2, 0.25) is 0 Å². The summed E-state index contributed by atoms with van der Waals surface area (Å²) >= 11 is 0. The number of nitriles is 3. The van der Waals surface area contributed by atoms with Gasteiger partial charge >= 0.3 is 0 Å². The molecule has 0 unspecified atom stereocenters. The first-order valence-corrected chi connectivity index (χ1v) is 4.85. The van der Waals surface area contributed by atoms with Crippen molar-refractivity contribution in [1.82, 2.24) is 0 Å². The van der Waals surface area contributed by atoms with Crippen molar-refractivity contribution in [3.8, 4) is 18.2 Å². The Balaban J connectivity index is 3.00. The minimum atomic E-state index is -0.283. The van der Waals surface area contributed by atoms with Crippen LogP contribution in [0.1, 0.15) is 5.76 Å². The van der Waals surface area contributed by atoms with Crippen LogP contribution in [0.4, 0.5) is 0 Å². The number of allylic oxidation sites excluding steroid dienone is 4. The summed E-state index contributed by atoms with van der Waals surface area (Å²) in [6, 6.07) is 8.55. The lowest BCUT2D eigenvalue weighted by molar-refractivity contribution is 0.557. The van der Waals surface area contributed by atoms with Gasteiger partial charge in [-0.1, -0.05) is 6.08 Å². The van der Waals surface area contributed by atoms with Crippen LogP contribution >= 0.6 is 0 Å². The number of nitrogens with two attached hydrogens (primary N) is 1. The van der Waals surface area contributed by atoms with E-state index in [-0.39, 0.29) is 16.8 Å². The van der Waals surface area contributed by atoms with Crippen molar-refractivity contribution in [2.75, 3.05) is 0 Å². The van der Waals surface area contributed by atoms with Crippen molar-refractivity contribution >= 4 is 6.08 Å². The molecule has 0 aliphatic rings. The molecule has 0 spiro atoms. The van der Waals surface area contributed by atoms with Crippen molar-refractivity contribution in [2.24, 2.45) is 5.73 Å². The van der Waals surface area contributed by atoms with Gasteiger partial charge in [0.2, 0.25) is 0 Å². The molecule has 1 heterocycles. The molecule has 5 nitrogen and oxygen atoms in total. The Hall–Kier alpha value is -3.23. The molecule has 0 aliphatic carbocycles. The number of hydrogen-bond acceptors (Lipinski definition) is 5. The highest BCUT2D eigenvalue weighted by molar-refractivity contribution is 5.55. The molecule has 2 N–H and O–H groups in total. The summed E-state index contributed by atoms with van der Waals surface area (Å²) < 4.78 is 5.05. The van der Waals surface area contributed by atoms with Crippen LogP contribution in [-0.4, -0.2) is 0 Å². The van der Waals surface area contributed by atoms with Crippen LogP contribution in [0.3, 0.4) is 0 Å². The standard InChI is InChI=1S/C13H8N4O/c14-7-10(13(17)11(8-15)9-16)3-1-4-12-5-2-6-18-12/h1-6H,17H2/b4-1+,10-3+. The van der Waals surface area contributed by atoms with E-state index in [2.05, 4.69) is 0 Å². The van der Waals surface area contributed by atoms with E-state index in [1.54, 1.807) is 36.4 Å². The van der Waals surface area contributed by atoms with E-state index in [4.69, 9.17) is 25.9 Å². The highest BCUT2D eigenvalue weighted by Crippen LogP contribution is 2.09. The molecule has 0 aromatic carbocycles. The van der Waals surface area contributed by atoms with Gasteiger partial charge in [0.1, 0.15) is 24.0 Å². The first kappa shape index (κ1) is 12.8. The summed E-state index contributed by atoms with van der Waals surface area (Å²) in [6.07, 6.45) is 6.11. The summed E-state index contributed by atoms with van der Waals surface area (Å²) in [7, 11) is 0. The van der Waals surface area contributed by atoms with Gasteiger partial charge in [-0.3, -0.25) is 0 Å². The van der Waals surface area contributed by atoms with E-state index >= 15 is 0 Å². The molecule has 0 fully saturated rings. The van der Waals surface area contributed by atoms with Gasteiger partial charge in [0.25, 0.3) is 0 Å². The van der Waals surface area contributed by atoms with E-state index in [0.717, 1.165) is 0 Å². The highest BCUT2D eigenvalue weighted by Gasteiger charge is 2.06. The molecule has 0 saturated carbocycles. The molecule has 86 valence electrons. The average Bonchev–Trinajstić information content (AvgIpc) is 2.89. The summed E-state index contributed by atoms with van der Waals surface area (Å²) in [5.41, 5.74) is 5.18. The van der Waals surface area contributed by atoms with E-state index in [0.29, 0.717) is 5.76 Å². The Morgan fingerprint density at radius 3 is 2.44 bits per heavy atom. The Kier molecular flexibility index (Phi) is 4.55. The Morgan fingerprint density at radius 1 is 1.22 bits per heavy atom. The molecular weight excluding hydrogens is 228 g/mol. The zero-order chi connectivity index (χ0) is 13.4. The first-order chi connectivity index (χ1) is 8.72. The molecule has 0 saturated heterocycles. The smallest absolute Gasteiger partial charge is 0.153 e. The molecule has 1 aromatic rings. The molecular formula is C13H8N4O. The van der Waals surface area contributed by atoms with Crippen molar-refractivity contribution in [1.29, 1.82) is 15.8 Å². The predicted octanol–water partition coefficient (Wildman–Crippen LogP) is 2.00. The summed E-state index contributed by atoms with van der Waals surface area (Å²) in [4.78, 5) is 0. The molecule has 1 aromatic heterocycles. The average molecular weight is 236 g/mol. The van der Waals surface area contributed by atoms with Gasteiger partial charge in [-0.05, 0) is 24.3 Å². The van der Waals surface area contributed by atoms with Crippen LogP contribution in [0.25, 0.3) is 6.08 Å². The third kappa shape index (κ3) is 3.13. The van der Waals surface area contributed by atoms with Crippen molar-refractivity contribution in [3.63, 3.8) is 0 Å². The molecule has 1 rings (SSSR count). The second-order valence-corrected chi connectivity index (χ2v) is 3.08. The van der Waals surface area contributed by atoms with E-state index in [9.17, 15) is 0 Å². The lowest BCUT2D eigenvalue weighted by Crippen LogP contribution is -2.03. The van der Waals surface area contributed by atoms with E-state index < -0.39 is 0 Å². The topological polar surface area (TPSA) is 111 Å². The van der Waals surface area contributed by atoms with Crippen molar-refractivity contribution in [3.05, 3.63) is 53.2 Å². The molecule has 0 radical (unpaired) electrons. The fourth-order valence-corrected chi connectivity index (χ4v) is 1.09. The van der Waals surface area contributed by atoms with Crippen molar-refractivity contribution < 1.29 is 4.42 Å². The zero-order valence-corrected chi connectivity index (χ0v) is 9.29. The van der Waals surface area contributed by atoms with Crippen LogP contribution in [0, 0.1) is 34.0 Å². The maximum atomic E-state index is 8.88. The van der Waals surface area contributed by atoms with Crippen LogP contribution < -0.4 is 5.73 Å². The summed E-state index contributed by atoms with van der Waals surface area (Å²) in [5, 5.41) is 26.2. The first-order valence-electron chi connectivity index (χ1n) is 4.85. The largest absolute Gasteiger partial charge is 0.465 e. The van der Waals surface area contributed by atoms with Crippen LogP contribution in [0.15, 0.2) is 51.8 Å². The minimum absolute atomic E-state index is 0.0518. The second-order valence-electron chi connectivity index (χ2n) is 3.08. The lowest BCUT2D eigenvalue weighted by Gasteiger charge is -1.96. The fourth-order valence-electron chi connectivity index (χ4n) is 1.09. The monoisotopic (exact) mass is 236 g/mol. The number of nitrogens with zero attached hydrogens (tertiary/aromatic N) is 3. The Bertz CT molecular complexity index is 612. The molecule has 0 amide bonds. The van der Waals surface area contributed by atoms with E-state index in [1.807, 2.05) is 6.07 Å². The van der Waals surface area contributed by atoms with Crippen LogP contribution in [0.5, 0.6) is 0 Å². The van der Waals surface area contributed by atoms with Gasteiger partial charge in [-0.25, -0.2) is 0 Å². The number of hydrogen-bond donors (Lipinski definition) is 1. The Morgan fingerprint density at radius 2 is 1.94 bits per heavy atom. The predicted molar refractivity (Wildman–Crippen MR) is 63.9 cm³/mol. The SMILES string of the molecule is N#CC(C#N)=C(N)/C(C#N)=C/C=C/c1ccco1. The summed E-state index contributed by atoms with van der Waals surface area (Å²) in [6.45, 7) is 0. The van der Waals surface area contributed by atoms with Gasteiger partial charge < -0.3 is 10.2 Å². The van der Waals surface area contributed by atoms with Gasteiger partial charge in [-0.15, -0.1) is 0 Å². The molecule has 5 heteroatoms. The minimum Gasteiger partial charge on any atom is -0.465 e. The third-order valence-electron chi connectivity index (χ3n) is 1.97. The normalized spacial score (nSPS) is 10.4. The number of furan rings is 1. The quantitative estimate of drug-likeness (QED) is 0.637. The third-order valence-corrected chi connectivity index (χ3v) is 1.97. The van der Waals surface area contributed by atoms with E-state index in [1.165, 1.54) is 12.3 Å². The van der Waals surface area contributed by atoms with Crippen LogP contribution in [-0.2, 0) is 0 Å². The molecule has 0 bridgehead atoms. The Labute approximate surface area is 104 Å². The molecule has 0 aliphatic heterocycles.